The van der Waals surface area contributed by atoms with Crippen molar-refractivity contribution in [1.82, 2.24) is 0 Å². The molecule has 0 radical (unpaired) electrons. The molecule has 0 amide bonds. The summed E-state index contributed by atoms with van der Waals surface area (Å²) in [6.45, 7) is 0. The molecule has 1 rings (SSSR count). The van der Waals surface area contributed by atoms with Gasteiger partial charge in [0.25, 0.3) is 0 Å². The zero-order valence-electron chi connectivity index (χ0n) is 5.67. The average Bonchev–Trinajstić information content (AvgIpc) is 2.08. The van der Waals surface area contributed by atoms with Crippen LogP contribution in [0.4, 0.5) is 13.2 Å². The Kier molecular flexibility index (Phi) is 2.85. The Morgan fingerprint density at radius 2 is 1.75 bits per heavy atom. The number of halogens is 5. The Bertz CT molecular complexity index is 312. The SMILES string of the molecule is Fc1cc(CCl)c(F)c(Cl)c1F. The van der Waals surface area contributed by atoms with E-state index in [1.807, 2.05) is 0 Å². The molecule has 0 N–H and O–H groups in total. The van der Waals surface area contributed by atoms with E-state index in [2.05, 4.69) is 0 Å². The maximum absolute atomic E-state index is 12.8. The van der Waals surface area contributed by atoms with Gasteiger partial charge in [0.1, 0.15) is 10.8 Å². The van der Waals surface area contributed by atoms with Crippen molar-refractivity contribution in [2.24, 2.45) is 0 Å². The summed E-state index contributed by atoms with van der Waals surface area (Å²) >= 11 is 10.4. The lowest BCUT2D eigenvalue weighted by atomic mass is 10.2. The molecule has 0 heterocycles. The van der Waals surface area contributed by atoms with Crippen LogP contribution in [0.25, 0.3) is 0 Å². The summed E-state index contributed by atoms with van der Waals surface area (Å²) in [6.07, 6.45) is 0. The molecule has 0 aromatic heterocycles. The van der Waals surface area contributed by atoms with Gasteiger partial charge in [-0.15, -0.1) is 11.6 Å². The highest BCUT2D eigenvalue weighted by Crippen LogP contribution is 2.25. The fourth-order valence-corrected chi connectivity index (χ4v) is 1.13. The third-order valence-corrected chi connectivity index (χ3v) is 1.94. The molecule has 0 spiro atoms. The van der Waals surface area contributed by atoms with E-state index in [-0.39, 0.29) is 11.4 Å². The average molecular weight is 215 g/mol. The van der Waals surface area contributed by atoms with E-state index >= 15 is 0 Å². The number of benzene rings is 1. The van der Waals surface area contributed by atoms with Gasteiger partial charge in [-0.3, -0.25) is 0 Å². The summed E-state index contributed by atoms with van der Waals surface area (Å²) in [4.78, 5) is 0. The van der Waals surface area contributed by atoms with Gasteiger partial charge in [-0.2, -0.15) is 0 Å². The molecule has 12 heavy (non-hydrogen) atoms. The number of hydrogen-bond donors (Lipinski definition) is 0. The van der Waals surface area contributed by atoms with Crippen LogP contribution in [0.15, 0.2) is 6.07 Å². The molecule has 0 bridgehead atoms. The minimum absolute atomic E-state index is 0.152. The molecular weight excluding hydrogens is 212 g/mol. The van der Waals surface area contributed by atoms with Crippen LogP contribution >= 0.6 is 23.2 Å². The first-order valence-electron chi connectivity index (χ1n) is 2.95. The van der Waals surface area contributed by atoms with Gasteiger partial charge in [0.05, 0.1) is 5.88 Å². The van der Waals surface area contributed by atoms with Crippen LogP contribution in [-0.2, 0) is 5.88 Å². The van der Waals surface area contributed by atoms with Crippen molar-refractivity contribution in [2.75, 3.05) is 0 Å². The quantitative estimate of drug-likeness (QED) is 0.382. The highest BCUT2D eigenvalue weighted by atomic mass is 35.5. The molecular formula is C7H3Cl2F3. The van der Waals surface area contributed by atoms with E-state index in [4.69, 9.17) is 23.2 Å². The molecule has 0 nitrogen and oxygen atoms in total. The molecule has 0 aliphatic carbocycles. The van der Waals surface area contributed by atoms with Crippen molar-refractivity contribution in [2.45, 2.75) is 5.88 Å². The molecule has 5 heteroatoms. The molecule has 1 aromatic rings. The Labute approximate surface area is 76.9 Å². The standard InChI is InChI=1S/C7H3Cl2F3/c8-2-3-1-4(10)7(12)5(9)6(3)11/h1H,2H2. The first-order chi connectivity index (χ1) is 5.57. The van der Waals surface area contributed by atoms with Gasteiger partial charge in [-0.05, 0) is 6.07 Å². The minimum Gasteiger partial charge on any atom is -0.205 e. The Hall–Kier alpha value is -0.410. The fourth-order valence-electron chi connectivity index (χ4n) is 0.719. The van der Waals surface area contributed by atoms with Crippen LogP contribution in [0, 0.1) is 17.5 Å². The smallest absolute Gasteiger partial charge is 0.180 e. The lowest BCUT2D eigenvalue weighted by molar-refractivity contribution is 0.492. The van der Waals surface area contributed by atoms with Crippen LogP contribution in [0.2, 0.25) is 5.02 Å². The van der Waals surface area contributed by atoms with E-state index in [9.17, 15) is 13.2 Å². The monoisotopic (exact) mass is 214 g/mol. The van der Waals surface area contributed by atoms with E-state index in [0.717, 1.165) is 0 Å². The van der Waals surface area contributed by atoms with Crippen molar-refractivity contribution in [3.63, 3.8) is 0 Å². The first kappa shape index (κ1) is 9.68. The Morgan fingerprint density at radius 1 is 1.17 bits per heavy atom. The fraction of sp³-hybridized carbons (Fsp3) is 0.143. The maximum atomic E-state index is 12.8. The second-order valence-electron chi connectivity index (χ2n) is 2.09. The molecule has 0 aliphatic heterocycles. The number of hydrogen-bond acceptors (Lipinski definition) is 0. The van der Waals surface area contributed by atoms with Crippen LogP contribution in [0.5, 0.6) is 0 Å². The van der Waals surface area contributed by atoms with Gasteiger partial charge in [0, 0.05) is 5.56 Å². The van der Waals surface area contributed by atoms with E-state index in [0.29, 0.717) is 6.07 Å². The maximum Gasteiger partial charge on any atom is 0.180 e. The summed E-state index contributed by atoms with van der Waals surface area (Å²) in [6, 6.07) is 0.684. The van der Waals surface area contributed by atoms with Gasteiger partial charge in [0.15, 0.2) is 11.6 Å². The summed E-state index contributed by atoms with van der Waals surface area (Å²) in [5.74, 6) is -3.84. The van der Waals surface area contributed by atoms with E-state index < -0.39 is 22.5 Å². The number of rotatable bonds is 1. The molecule has 1 aromatic carbocycles. The lowest BCUT2D eigenvalue weighted by Gasteiger charge is -2.02. The molecule has 0 unspecified atom stereocenters. The third-order valence-electron chi connectivity index (χ3n) is 1.32. The van der Waals surface area contributed by atoms with Crippen molar-refractivity contribution in [1.29, 1.82) is 0 Å². The van der Waals surface area contributed by atoms with E-state index in [1.54, 1.807) is 0 Å². The van der Waals surface area contributed by atoms with Crippen molar-refractivity contribution < 1.29 is 13.2 Å². The van der Waals surface area contributed by atoms with Crippen LogP contribution in [0.3, 0.4) is 0 Å². The molecule has 0 atom stereocenters. The van der Waals surface area contributed by atoms with Crippen molar-refractivity contribution in [3.05, 3.63) is 34.1 Å². The largest absolute Gasteiger partial charge is 0.205 e. The topological polar surface area (TPSA) is 0 Å². The van der Waals surface area contributed by atoms with Crippen molar-refractivity contribution in [3.8, 4) is 0 Å². The van der Waals surface area contributed by atoms with E-state index in [1.165, 1.54) is 0 Å². The minimum atomic E-state index is -1.39. The summed E-state index contributed by atoms with van der Waals surface area (Å²) in [7, 11) is 0. The molecule has 0 fully saturated rings. The summed E-state index contributed by atoms with van der Waals surface area (Å²) in [5.41, 5.74) is -0.152. The highest BCUT2D eigenvalue weighted by molar-refractivity contribution is 6.31. The highest BCUT2D eigenvalue weighted by Gasteiger charge is 2.15. The predicted octanol–water partition coefficient (Wildman–Crippen LogP) is 3.50. The van der Waals surface area contributed by atoms with Crippen LogP contribution < -0.4 is 0 Å². The second kappa shape index (κ2) is 3.54. The Morgan fingerprint density at radius 3 is 2.25 bits per heavy atom. The van der Waals surface area contributed by atoms with Gasteiger partial charge in [-0.25, -0.2) is 13.2 Å². The molecule has 66 valence electrons. The summed E-state index contributed by atoms with van der Waals surface area (Å²) in [5, 5.41) is -0.856. The van der Waals surface area contributed by atoms with Gasteiger partial charge in [0.2, 0.25) is 0 Å². The molecule has 0 aliphatic rings. The van der Waals surface area contributed by atoms with Gasteiger partial charge >= 0.3 is 0 Å². The second-order valence-corrected chi connectivity index (χ2v) is 2.74. The first-order valence-corrected chi connectivity index (χ1v) is 3.87. The third kappa shape index (κ3) is 1.52. The van der Waals surface area contributed by atoms with Gasteiger partial charge in [-0.1, -0.05) is 11.6 Å². The normalized spacial score (nSPS) is 10.4. The van der Waals surface area contributed by atoms with Crippen molar-refractivity contribution >= 4 is 23.2 Å². The lowest BCUT2D eigenvalue weighted by Crippen LogP contribution is -1.95. The Balaban J connectivity index is 3.39. The van der Waals surface area contributed by atoms with Crippen LogP contribution in [-0.4, -0.2) is 0 Å². The zero-order valence-corrected chi connectivity index (χ0v) is 7.19. The van der Waals surface area contributed by atoms with Crippen LogP contribution in [0.1, 0.15) is 5.56 Å². The number of alkyl halides is 1. The zero-order chi connectivity index (χ0) is 9.30. The molecule has 0 saturated carbocycles. The molecule has 0 saturated heterocycles. The predicted molar refractivity (Wildman–Crippen MR) is 40.9 cm³/mol. The van der Waals surface area contributed by atoms with Gasteiger partial charge < -0.3 is 0 Å². The summed E-state index contributed by atoms with van der Waals surface area (Å²) < 4.78 is 37.9.